The molecule has 3 N–H and O–H groups in total. The minimum atomic E-state index is -1.29. The number of aliphatic hydroxyl groups is 3. The number of aliphatic hydroxyl groups excluding tert-OH is 1. The van der Waals surface area contributed by atoms with Crippen molar-refractivity contribution in [1.82, 2.24) is 0 Å². The van der Waals surface area contributed by atoms with Crippen molar-refractivity contribution in [3.63, 3.8) is 0 Å². The van der Waals surface area contributed by atoms with E-state index in [1.165, 1.54) is 0 Å². The SMILES string of the molecule is OC1[C@@](O)(Cc2ccccc2)CCC[C@]1(O)Cc1ccccc1. The lowest BCUT2D eigenvalue weighted by Gasteiger charge is -2.47. The van der Waals surface area contributed by atoms with E-state index in [-0.39, 0.29) is 0 Å². The maximum atomic E-state index is 11.0. The Hall–Kier alpha value is -1.68. The molecule has 0 heterocycles. The van der Waals surface area contributed by atoms with E-state index < -0.39 is 17.3 Å². The first-order valence-corrected chi connectivity index (χ1v) is 8.23. The summed E-state index contributed by atoms with van der Waals surface area (Å²) < 4.78 is 0. The van der Waals surface area contributed by atoms with Gasteiger partial charge in [-0.3, -0.25) is 0 Å². The van der Waals surface area contributed by atoms with Crippen molar-refractivity contribution in [2.45, 2.75) is 49.4 Å². The molecule has 3 nitrogen and oxygen atoms in total. The highest BCUT2D eigenvalue weighted by Gasteiger charge is 2.51. The van der Waals surface area contributed by atoms with E-state index in [1.54, 1.807) is 0 Å². The van der Waals surface area contributed by atoms with Crippen molar-refractivity contribution in [3.05, 3.63) is 71.8 Å². The lowest BCUT2D eigenvalue weighted by Crippen LogP contribution is -2.61. The quantitative estimate of drug-likeness (QED) is 0.813. The van der Waals surface area contributed by atoms with Gasteiger partial charge in [0.25, 0.3) is 0 Å². The zero-order chi connectivity index (χ0) is 16.3. The predicted molar refractivity (Wildman–Crippen MR) is 90.0 cm³/mol. The summed E-state index contributed by atoms with van der Waals surface area (Å²) in [5, 5.41) is 32.8. The van der Waals surface area contributed by atoms with Gasteiger partial charge in [0.05, 0.1) is 11.2 Å². The largest absolute Gasteiger partial charge is 0.387 e. The molecular weight excluding hydrogens is 288 g/mol. The van der Waals surface area contributed by atoms with Crippen LogP contribution in [0.25, 0.3) is 0 Å². The van der Waals surface area contributed by atoms with Crippen LogP contribution in [0.5, 0.6) is 0 Å². The lowest BCUT2D eigenvalue weighted by atomic mass is 9.68. The van der Waals surface area contributed by atoms with Crippen LogP contribution < -0.4 is 0 Å². The molecule has 1 fully saturated rings. The van der Waals surface area contributed by atoms with Crippen LogP contribution in [-0.4, -0.2) is 32.6 Å². The highest BCUT2D eigenvalue weighted by Crippen LogP contribution is 2.39. The molecule has 122 valence electrons. The fourth-order valence-corrected chi connectivity index (χ4v) is 3.74. The summed E-state index contributed by atoms with van der Waals surface area (Å²) in [4.78, 5) is 0. The maximum Gasteiger partial charge on any atom is 0.112 e. The number of rotatable bonds is 4. The van der Waals surface area contributed by atoms with Crippen molar-refractivity contribution >= 4 is 0 Å². The van der Waals surface area contributed by atoms with Gasteiger partial charge in [0.1, 0.15) is 6.10 Å². The van der Waals surface area contributed by atoms with Crippen molar-refractivity contribution < 1.29 is 15.3 Å². The third-order valence-electron chi connectivity index (χ3n) is 4.94. The Morgan fingerprint density at radius 2 is 1.13 bits per heavy atom. The molecule has 0 unspecified atom stereocenters. The van der Waals surface area contributed by atoms with Gasteiger partial charge in [-0.05, 0) is 30.4 Å². The zero-order valence-corrected chi connectivity index (χ0v) is 13.2. The van der Waals surface area contributed by atoms with Crippen LogP contribution in [0.3, 0.4) is 0 Å². The summed E-state index contributed by atoms with van der Waals surface area (Å²) in [5.41, 5.74) is -0.636. The molecule has 0 radical (unpaired) electrons. The average molecular weight is 312 g/mol. The van der Waals surface area contributed by atoms with E-state index in [4.69, 9.17) is 0 Å². The smallest absolute Gasteiger partial charge is 0.112 e. The van der Waals surface area contributed by atoms with E-state index in [2.05, 4.69) is 0 Å². The standard InChI is InChI=1S/C20H24O3/c21-18-19(22,14-16-8-3-1-4-9-16)12-7-13-20(18,23)15-17-10-5-2-6-11-17/h1-6,8-11,18,21-23H,7,12-15H2/t19-,20-/m0/s1. The van der Waals surface area contributed by atoms with Gasteiger partial charge in [0.2, 0.25) is 0 Å². The molecule has 0 spiro atoms. The summed E-state index contributed by atoms with van der Waals surface area (Å²) in [6, 6.07) is 19.3. The Balaban J connectivity index is 1.80. The van der Waals surface area contributed by atoms with Crippen molar-refractivity contribution in [1.29, 1.82) is 0 Å². The van der Waals surface area contributed by atoms with Gasteiger partial charge < -0.3 is 15.3 Å². The first-order chi connectivity index (χ1) is 11.0. The molecule has 23 heavy (non-hydrogen) atoms. The molecule has 3 rings (SSSR count). The van der Waals surface area contributed by atoms with Gasteiger partial charge in [0.15, 0.2) is 0 Å². The first kappa shape index (κ1) is 16.2. The van der Waals surface area contributed by atoms with Crippen molar-refractivity contribution in [3.8, 4) is 0 Å². The van der Waals surface area contributed by atoms with E-state index >= 15 is 0 Å². The fourth-order valence-electron chi connectivity index (χ4n) is 3.74. The fraction of sp³-hybridized carbons (Fsp3) is 0.400. The molecule has 1 aliphatic rings. The summed E-state index contributed by atoms with van der Waals surface area (Å²) in [6.45, 7) is 0. The second-order valence-electron chi connectivity index (χ2n) is 6.79. The van der Waals surface area contributed by atoms with Crippen LogP contribution in [-0.2, 0) is 12.8 Å². The molecule has 0 amide bonds. The van der Waals surface area contributed by atoms with Gasteiger partial charge in [-0.15, -0.1) is 0 Å². The maximum absolute atomic E-state index is 11.0. The predicted octanol–water partition coefficient (Wildman–Crippen LogP) is 2.48. The summed E-state index contributed by atoms with van der Waals surface area (Å²) in [5.74, 6) is 0. The Morgan fingerprint density at radius 3 is 1.52 bits per heavy atom. The number of hydrogen-bond acceptors (Lipinski definition) is 3. The molecule has 2 aromatic carbocycles. The molecular formula is C20H24O3. The van der Waals surface area contributed by atoms with E-state index in [9.17, 15) is 15.3 Å². The summed E-state index contributed by atoms with van der Waals surface area (Å²) in [7, 11) is 0. The zero-order valence-electron chi connectivity index (χ0n) is 13.2. The highest BCUT2D eigenvalue weighted by atomic mass is 16.4. The second kappa shape index (κ2) is 6.44. The van der Waals surface area contributed by atoms with Crippen LogP contribution in [0.4, 0.5) is 0 Å². The van der Waals surface area contributed by atoms with E-state index in [0.717, 1.165) is 11.1 Å². The molecule has 3 heteroatoms. The van der Waals surface area contributed by atoms with E-state index in [0.29, 0.717) is 32.1 Å². The Labute approximate surface area is 137 Å². The van der Waals surface area contributed by atoms with Crippen LogP contribution in [0.1, 0.15) is 30.4 Å². The molecule has 0 bridgehead atoms. The topological polar surface area (TPSA) is 60.7 Å². The molecule has 1 saturated carbocycles. The van der Waals surface area contributed by atoms with Gasteiger partial charge in [-0.2, -0.15) is 0 Å². The summed E-state index contributed by atoms with van der Waals surface area (Å²) in [6.07, 6.45) is 1.24. The van der Waals surface area contributed by atoms with Gasteiger partial charge in [-0.1, -0.05) is 60.7 Å². The Kier molecular flexibility index (Phi) is 4.53. The third kappa shape index (κ3) is 3.47. The summed E-state index contributed by atoms with van der Waals surface area (Å²) >= 11 is 0. The Bertz CT molecular complexity index is 572. The third-order valence-corrected chi connectivity index (χ3v) is 4.94. The molecule has 2 atom stereocenters. The van der Waals surface area contributed by atoms with Gasteiger partial charge in [-0.25, -0.2) is 0 Å². The molecule has 1 aliphatic carbocycles. The molecule has 2 aromatic rings. The number of benzene rings is 2. The molecule has 0 aromatic heterocycles. The Morgan fingerprint density at radius 1 is 0.739 bits per heavy atom. The van der Waals surface area contributed by atoms with E-state index in [1.807, 2.05) is 60.7 Å². The van der Waals surface area contributed by atoms with Crippen LogP contribution in [0.15, 0.2) is 60.7 Å². The lowest BCUT2D eigenvalue weighted by molar-refractivity contribution is -0.198. The van der Waals surface area contributed by atoms with Crippen LogP contribution in [0.2, 0.25) is 0 Å². The minimum Gasteiger partial charge on any atom is -0.387 e. The number of hydrogen-bond donors (Lipinski definition) is 3. The van der Waals surface area contributed by atoms with Crippen LogP contribution >= 0.6 is 0 Å². The van der Waals surface area contributed by atoms with Gasteiger partial charge >= 0.3 is 0 Å². The second-order valence-corrected chi connectivity index (χ2v) is 6.79. The normalized spacial score (nSPS) is 28.7. The van der Waals surface area contributed by atoms with Crippen molar-refractivity contribution in [2.75, 3.05) is 0 Å². The highest BCUT2D eigenvalue weighted by molar-refractivity contribution is 5.22. The van der Waals surface area contributed by atoms with Gasteiger partial charge in [0, 0.05) is 12.8 Å². The minimum absolute atomic E-state index is 0.353. The average Bonchev–Trinajstić information content (AvgIpc) is 2.55. The van der Waals surface area contributed by atoms with Crippen molar-refractivity contribution in [2.24, 2.45) is 0 Å². The molecule has 0 saturated heterocycles. The van der Waals surface area contributed by atoms with Crippen LogP contribution in [0, 0.1) is 0 Å². The molecule has 0 aliphatic heterocycles. The monoisotopic (exact) mass is 312 g/mol. The first-order valence-electron chi connectivity index (χ1n) is 8.23.